The van der Waals surface area contributed by atoms with Crippen molar-refractivity contribution < 1.29 is 14.3 Å². The Morgan fingerprint density at radius 3 is 3.05 bits per heavy atom. The van der Waals surface area contributed by atoms with Crippen molar-refractivity contribution in [2.24, 2.45) is 0 Å². The lowest BCUT2D eigenvalue weighted by Gasteiger charge is -2.25. The molecule has 1 aliphatic heterocycles. The summed E-state index contributed by atoms with van der Waals surface area (Å²) in [6, 6.07) is 7.42. The fourth-order valence-electron chi connectivity index (χ4n) is 1.84. The number of carbonyl (C=O) groups excluding carboxylic acids is 2. The number of nitrogens with one attached hydrogen (secondary N) is 1. The number of amides is 2. The summed E-state index contributed by atoms with van der Waals surface area (Å²) in [5.41, 5.74) is 0.883. The lowest BCUT2D eigenvalue weighted by molar-refractivity contribution is -0.134. The predicted molar refractivity (Wildman–Crippen MR) is 71.6 cm³/mol. The largest absolute Gasteiger partial charge is 0.497 e. The first-order valence-electron chi connectivity index (χ1n) is 6.07. The number of carbonyl (C=O) groups is 2. The van der Waals surface area contributed by atoms with Crippen LogP contribution in [0.4, 0.5) is 0 Å². The summed E-state index contributed by atoms with van der Waals surface area (Å²) in [4.78, 5) is 24.6. The molecule has 0 bridgehead atoms. The van der Waals surface area contributed by atoms with Gasteiger partial charge in [0.25, 0.3) is 0 Å². The molecule has 0 aliphatic carbocycles. The monoisotopic (exact) mass is 260 g/mol. The molecule has 1 heterocycles. The molecule has 100 valence electrons. The lowest BCUT2D eigenvalue weighted by Crippen LogP contribution is -2.49. The zero-order valence-corrected chi connectivity index (χ0v) is 10.8. The average molecular weight is 260 g/mol. The summed E-state index contributed by atoms with van der Waals surface area (Å²) in [5.74, 6) is 0.471. The van der Waals surface area contributed by atoms with E-state index in [4.69, 9.17) is 4.74 Å². The van der Waals surface area contributed by atoms with Crippen LogP contribution in [0.5, 0.6) is 5.75 Å². The van der Waals surface area contributed by atoms with Crippen LogP contribution < -0.4 is 10.1 Å². The summed E-state index contributed by atoms with van der Waals surface area (Å²) >= 11 is 0. The molecule has 2 amide bonds. The van der Waals surface area contributed by atoms with E-state index < -0.39 is 0 Å². The van der Waals surface area contributed by atoms with E-state index in [9.17, 15) is 9.59 Å². The topological polar surface area (TPSA) is 58.6 Å². The van der Waals surface area contributed by atoms with Crippen molar-refractivity contribution in [3.05, 3.63) is 35.9 Å². The third-order valence-corrected chi connectivity index (χ3v) is 2.86. The Kier molecular flexibility index (Phi) is 4.18. The maximum atomic E-state index is 11.9. The fraction of sp³-hybridized carbons (Fsp3) is 0.286. The normalized spacial score (nSPS) is 15.4. The van der Waals surface area contributed by atoms with Gasteiger partial charge in [-0.05, 0) is 23.8 Å². The molecular weight excluding hydrogens is 244 g/mol. The number of hydrogen-bond donors (Lipinski definition) is 1. The van der Waals surface area contributed by atoms with Gasteiger partial charge in [-0.15, -0.1) is 0 Å². The summed E-state index contributed by atoms with van der Waals surface area (Å²) < 4.78 is 5.11. The summed E-state index contributed by atoms with van der Waals surface area (Å²) in [6.45, 7) is 1.19. The molecule has 1 saturated heterocycles. The van der Waals surface area contributed by atoms with Gasteiger partial charge in [-0.25, -0.2) is 0 Å². The van der Waals surface area contributed by atoms with Crippen LogP contribution in [0.15, 0.2) is 30.3 Å². The van der Waals surface area contributed by atoms with Gasteiger partial charge >= 0.3 is 0 Å². The Balaban J connectivity index is 2.00. The van der Waals surface area contributed by atoms with Crippen molar-refractivity contribution in [2.45, 2.75) is 0 Å². The highest BCUT2D eigenvalue weighted by molar-refractivity contribution is 5.95. The summed E-state index contributed by atoms with van der Waals surface area (Å²) in [7, 11) is 1.60. The Morgan fingerprint density at radius 1 is 1.47 bits per heavy atom. The zero-order valence-electron chi connectivity index (χ0n) is 10.8. The van der Waals surface area contributed by atoms with Crippen LogP contribution in [0, 0.1) is 0 Å². The number of hydrogen-bond acceptors (Lipinski definition) is 3. The number of piperazine rings is 1. The highest BCUT2D eigenvalue weighted by atomic mass is 16.5. The van der Waals surface area contributed by atoms with Crippen LogP contribution in [0.25, 0.3) is 6.08 Å². The molecular formula is C14H16N2O3. The molecule has 1 aromatic carbocycles. The van der Waals surface area contributed by atoms with Crippen LogP contribution >= 0.6 is 0 Å². The van der Waals surface area contributed by atoms with E-state index >= 15 is 0 Å². The van der Waals surface area contributed by atoms with Gasteiger partial charge in [-0.2, -0.15) is 0 Å². The van der Waals surface area contributed by atoms with E-state index in [0.29, 0.717) is 13.1 Å². The first kappa shape index (κ1) is 13.1. The Labute approximate surface area is 111 Å². The zero-order chi connectivity index (χ0) is 13.7. The second-order valence-electron chi connectivity index (χ2n) is 4.22. The molecule has 0 atom stereocenters. The van der Waals surface area contributed by atoms with Crippen LogP contribution in [0.1, 0.15) is 5.56 Å². The molecule has 1 aliphatic rings. The number of rotatable bonds is 3. The molecule has 1 aromatic rings. The molecule has 5 heteroatoms. The van der Waals surface area contributed by atoms with Gasteiger partial charge in [0.15, 0.2) is 0 Å². The van der Waals surface area contributed by atoms with Crippen molar-refractivity contribution in [3.8, 4) is 5.75 Å². The molecule has 19 heavy (non-hydrogen) atoms. The Morgan fingerprint density at radius 2 is 2.32 bits per heavy atom. The Bertz CT molecular complexity index is 511. The van der Waals surface area contributed by atoms with Gasteiger partial charge in [0, 0.05) is 19.2 Å². The second-order valence-corrected chi connectivity index (χ2v) is 4.22. The van der Waals surface area contributed by atoms with E-state index in [2.05, 4.69) is 5.32 Å². The van der Waals surface area contributed by atoms with Crippen LogP contribution in [-0.4, -0.2) is 43.5 Å². The maximum absolute atomic E-state index is 11.9. The molecule has 0 radical (unpaired) electrons. The van der Waals surface area contributed by atoms with Gasteiger partial charge in [-0.1, -0.05) is 12.1 Å². The van der Waals surface area contributed by atoms with E-state index in [1.54, 1.807) is 13.2 Å². The molecule has 5 nitrogen and oxygen atoms in total. The molecule has 1 N–H and O–H groups in total. The van der Waals surface area contributed by atoms with Crippen molar-refractivity contribution in [1.29, 1.82) is 0 Å². The van der Waals surface area contributed by atoms with E-state index in [1.807, 2.05) is 24.3 Å². The predicted octanol–water partition coefficient (Wildman–Crippen LogP) is 0.667. The third-order valence-electron chi connectivity index (χ3n) is 2.86. The number of benzene rings is 1. The van der Waals surface area contributed by atoms with Gasteiger partial charge < -0.3 is 15.0 Å². The SMILES string of the molecule is COc1cccc(/C=C/C(=O)N2CCNC(=O)C2)c1. The number of methoxy groups -OCH3 is 1. The minimum atomic E-state index is -0.155. The number of nitrogens with zero attached hydrogens (tertiary/aromatic N) is 1. The molecule has 0 saturated carbocycles. The maximum Gasteiger partial charge on any atom is 0.247 e. The third kappa shape index (κ3) is 3.58. The minimum Gasteiger partial charge on any atom is -0.497 e. The van der Waals surface area contributed by atoms with E-state index in [-0.39, 0.29) is 18.4 Å². The first-order chi connectivity index (χ1) is 9.19. The fourth-order valence-corrected chi connectivity index (χ4v) is 1.84. The molecule has 0 unspecified atom stereocenters. The first-order valence-corrected chi connectivity index (χ1v) is 6.07. The molecule has 1 fully saturated rings. The van der Waals surface area contributed by atoms with Crippen molar-refractivity contribution in [3.63, 3.8) is 0 Å². The highest BCUT2D eigenvalue weighted by Gasteiger charge is 2.18. The van der Waals surface area contributed by atoms with Crippen LogP contribution in [0.3, 0.4) is 0 Å². The standard InChI is InChI=1S/C14H16N2O3/c1-19-12-4-2-3-11(9-12)5-6-14(18)16-8-7-15-13(17)10-16/h2-6,9H,7-8,10H2,1H3,(H,15,17)/b6-5+. The highest BCUT2D eigenvalue weighted by Crippen LogP contribution is 2.13. The quantitative estimate of drug-likeness (QED) is 0.812. The lowest BCUT2D eigenvalue weighted by atomic mass is 10.2. The summed E-state index contributed by atoms with van der Waals surface area (Å²) in [5, 5.41) is 2.68. The van der Waals surface area contributed by atoms with Gasteiger partial charge in [-0.3, -0.25) is 9.59 Å². The smallest absolute Gasteiger partial charge is 0.247 e. The van der Waals surface area contributed by atoms with Crippen LogP contribution in [0.2, 0.25) is 0 Å². The molecule has 0 spiro atoms. The van der Waals surface area contributed by atoms with Crippen molar-refractivity contribution >= 4 is 17.9 Å². The minimum absolute atomic E-state index is 0.116. The Hall–Kier alpha value is -2.30. The van der Waals surface area contributed by atoms with E-state index in [0.717, 1.165) is 11.3 Å². The second kappa shape index (κ2) is 6.04. The van der Waals surface area contributed by atoms with E-state index in [1.165, 1.54) is 11.0 Å². The molecule has 2 rings (SSSR count). The van der Waals surface area contributed by atoms with Crippen LogP contribution in [-0.2, 0) is 9.59 Å². The number of ether oxygens (including phenoxy) is 1. The van der Waals surface area contributed by atoms with Gasteiger partial charge in [0.1, 0.15) is 5.75 Å². The van der Waals surface area contributed by atoms with Crippen molar-refractivity contribution in [2.75, 3.05) is 26.7 Å². The van der Waals surface area contributed by atoms with Gasteiger partial charge in [0.2, 0.25) is 11.8 Å². The van der Waals surface area contributed by atoms with Crippen molar-refractivity contribution in [1.82, 2.24) is 10.2 Å². The summed E-state index contributed by atoms with van der Waals surface area (Å²) in [6.07, 6.45) is 3.20. The average Bonchev–Trinajstić information content (AvgIpc) is 2.45. The molecule has 0 aromatic heterocycles. The van der Waals surface area contributed by atoms with Gasteiger partial charge in [0.05, 0.1) is 13.7 Å².